The largest absolute Gasteiger partial charge is 0.497 e. The van der Waals surface area contributed by atoms with Gasteiger partial charge in [0.25, 0.3) is 0 Å². The van der Waals surface area contributed by atoms with Gasteiger partial charge in [-0.15, -0.1) is 0 Å². The first-order chi connectivity index (χ1) is 13.0. The standard InChI is InChI=1S/C20H22ClNO5/c1-25-14-9-7-13(8-10-14)17(23)5-4-6-20(24)22-16-12-18(26-2)15(21)11-19(16)27-3/h7-12H,4-6H2,1-3H3,(H,22,24). The number of anilines is 1. The van der Waals surface area contributed by atoms with E-state index in [2.05, 4.69) is 5.32 Å². The number of hydrogen-bond donors (Lipinski definition) is 1. The Labute approximate surface area is 163 Å². The summed E-state index contributed by atoms with van der Waals surface area (Å²) in [5.74, 6) is 1.32. The second kappa shape index (κ2) is 9.83. The highest BCUT2D eigenvalue weighted by atomic mass is 35.5. The molecule has 0 aliphatic heterocycles. The van der Waals surface area contributed by atoms with Crippen molar-refractivity contribution in [2.24, 2.45) is 0 Å². The monoisotopic (exact) mass is 391 g/mol. The number of carbonyl (C=O) groups is 2. The van der Waals surface area contributed by atoms with Crippen molar-refractivity contribution < 1.29 is 23.8 Å². The van der Waals surface area contributed by atoms with Gasteiger partial charge in [-0.25, -0.2) is 0 Å². The highest BCUT2D eigenvalue weighted by Gasteiger charge is 2.13. The molecule has 0 saturated carbocycles. The van der Waals surface area contributed by atoms with Crippen LogP contribution in [0.3, 0.4) is 0 Å². The molecule has 0 atom stereocenters. The zero-order valence-corrected chi connectivity index (χ0v) is 16.3. The minimum atomic E-state index is -0.222. The van der Waals surface area contributed by atoms with Crippen molar-refractivity contribution in [3.05, 3.63) is 47.0 Å². The van der Waals surface area contributed by atoms with Gasteiger partial charge in [0.05, 0.1) is 32.0 Å². The Kier molecular flexibility index (Phi) is 7.49. The second-order valence-electron chi connectivity index (χ2n) is 5.74. The Morgan fingerprint density at radius 2 is 1.59 bits per heavy atom. The van der Waals surface area contributed by atoms with E-state index in [-0.39, 0.29) is 24.5 Å². The first kappa shape index (κ1) is 20.6. The van der Waals surface area contributed by atoms with Crippen LogP contribution in [0.5, 0.6) is 17.2 Å². The molecule has 2 rings (SSSR count). The van der Waals surface area contributed by atoms with Gasteiger partial charge in [0.15, 0.2) is 5.78 Å². The molecule has 0 unspecified atom stereocenters. The van der Waals surface area contributed by atoms with Gasteiger partial charge in [-0.2, -0.15) is 0 Å². The third-order valence-corrected chi connectivity index (χ3v) is 4.26. The molecular weight excluding hydrogens is 370 g/mol. The molecule has 0 aliphatic rings. The van der Waals surface area contributed by atoms with Crippen LogP contribution in [0.4, 0.5) is 5.69 Å². The number of carbonyl (C=O) groups excluding carboxylic acids is 2. The van der Waals surface area contributed by atoms with Crippen LogP contribution in [0.2, 0.25) is 5.02 Å². The van der Waals surface area contributed by atoms with Crippen molar-refractivity contribution in [2.45, 2.75) is 19.3 Å². The normalized spacial score (nSPS) is 10.2. The lowest BCUT2D eigenvalue weighted by molar-refractivity contribution is -0.116. The van der Waals surface area contributed by atoms with E-state index in [1.165, 1.54) is 14.2 Å². The number of methoxy groups -OCH3 is 3. The van der Waals surface area contributed by atoms with E-state index < -0.39 is 0 Å². The van der Waals surface area contributed by atoms with Crippen molar-refractivity contribution in [2.75, 3.05) is 26.6 Å². The molecule has 6 nitrogen and oxygen atoms in total. The molecule has 0 heterocycles. The van der Waals surface area contributed by atoms with E-state index in [0.29, 0.717) is 39.9 Å². The van der Waals surface area contributed by atoms with Crippen LogP contribution in [0, 0.1) is 0 Å². The van der Waals surface area contributed by atoms with Gasteiger partial charge in [0, 0.05) is 30.5 Å². The van der Waals surface area contributed by atoms with Crippen LogP contribution in [0.15, 0.2) is 36.4 Å². The summed E-state index contributed by atoms with van der Waals surface area (Å²) in [5, 5.41) is 3.15. The summed E-state index contributed by atoms with van der Waals surface area (Å²) in [4.78, 5) is 24.4. The zero-order valence-electron chi connectivity index (χ0n) is 15.5. The highest BCUT2D eigenvalue weighted by molar-refractivity contribution is 6.32. The van der Waals surface area contributed by atoms with Crippen LogP contribution in [0.25, 0.3) is 0 Å². The fraction of sp³-hybridized carbons (Fsp3) is 0.300. The Bertz CT molecular complexity index is 805. The smallest absolute Gasteiger partial charge is 0.224 e. The molecule has 0 fully saturated rings. The summed E-state index contributed by atoms with van der Waals surface area (Å²) in [5.41, 5.74) is 1.06. The van der Waals surface area contributed by atoms with Crippen molar-refractivity contribution >= 4 is 29.0 Å². The Balaban J connectivity index is 1.89. The van der Waals surface area contributed by atoms with Crippen LogP contribution in [-0.2, 0) is 4.79 Å². The third-order valence-electron chi connectivity index (χ3n) is 3.97. The molecule has 27 heavy (non-hydrogen) atoms. The highest BCUT2D eigenvalue weighted by Crippen LogP contribution is 2.35. The Morgan fingerprint density at radius 1 is 0.926 bits per heavy atom. The summed E-state index contributed by atoms with van der Waals surface area (Å²) in [6, 6.07) is 10.1. The third kappa shape index (κ3) is 5.62. The van der Waals surface area contributed by atoms with Gasteiger partial charge in [-0.3, -0.25) is 9.59 Å². The lowest BCUT2D eigenvalue weighted by atomic mass is 10.1. The van der Waals surface area contributed by atoms with Gasteiger partial charge in [-0.1, -0.05) is 11.6 Å². The summed E-state index contributed by atoms with van der Waals surface area (Å²) in [6.07, 6.45) is 0.917. The number of nitrogens with one attached hydrogen (secondary N) is 1. The van der Waals surface area contributed by atoms with Gasteiger partial charge in [0.2, 0.25) is 5.91 Å². The fourth-order valence-electron chi connectivity index (χ4n) is 2.50. The van der Waals surface area contributed by atoms with Gasteiger partial charge in [0.1, 0.15) is 17.2 Å². The van der Waals surface area contributed by atoms with E-state index in [1.807, 2.05) is 0 Å². The zero-order chi connectivity index (χ0) is 19.8. The number of hydrogen-bond acceptors (Lipinski definition) is 5. The van der Waals surface area contributed by atoms with E-state index in [0.717, 1.165) is 0 Å². The molecule has 0 aliphatic carbocycles. The van der Waals surface area contributed by atoms with E-state index in [4.69, 9.17) is 25.8 Å². The second-order valence-corrected chi connectivity index (χ2v) is 6.15. The first-order valence-corrected chi connectivity index (χ1v) is 8.75. The molecule has 0 radical (unpaired) electrons. The maximum absolute atomic E-state index is 12.2. The lowest BCUT2D eigenvalue weighted by Crippen LogP contribution is -2.13. The van der Waals surface area contributed by atoms with Gasteiger partial charge in [-0.05, 0) is 30.7 Å². The van der Waals surface area contributed by atoms with Crippen molar-refractivity contribution in [3.8, 4) is 17.2 Å². The topological polar surface area (TPSA) is 73.9 Å². The molecule has 0 bridgehead atoms. The molecule has 0 aromatic heterocycles. The molecule has 1 N–H and O–H groups in total. The summed E-state index contributed by atoms with van der Waals surface area (Å²) < 4.78 is 15.4. The molecule has 144 valence electrons. The molecule has 2 aromatic carbocycles. The number of amides is 1. The maximum Gasteiger partial charge on any atom is 0.224 e. The SMILES string of the molecule is COc1ccc(C(=O)CCCC(=O)Nc2cc(OC)c(Cl)cc2OC)cc1. The number of ether oxygens (including phenoxy) is 3. The molecule has 1 amide bonds. The number of benzene rings is 2. The van der Waals surface area contributed by atoms with Gasteiger partial charge < -0.3 is 19.5 Å². The van der Waals surface area contributed by atoms with Gasteiger partial charge >= 0.3 is 0 Å². The minimum absolute atomic E-state index is 0.0174. The molecular formula is C20H22ClNO5. The number of ketones is 1. The Morgan fingerprint density at radius 3 is 2.19 bits per heavy atom. The van der Waals surface area contributed by atoms with Crippen LogP contribution in [-0.4, -0.2) is 33.0 Å². The average Bonchev–Trinajstić information content (AvgIpc) is 2.68. The van der Waals surface area contributed by atoms with Crippen LogP contribution < -0.4 is 19.5 Å². The maximum atomic E-state index is 12.2. The van der Waals surface area contributed by atoms with Crippen LogP contribution >= 0.6 is 11.6 Å². The van der Waals surface area contributed by atoms with E-state index >= 15 is 0 Å². The predicted octanol–water partition coefficient (Wildman–Crippen LogP) is 4.36. The summed E-state index contributed by atoms with van der Waals surface area (Å²) in [6.45, 7) is 0. The van der Waals surface area contributed by atoms with E-state index in [9.17, 15) is 9.59 Å². The summed E-state index contributed by atoms with van der Waals surface area (Å²) in [7, 11) is 4.55. The molecule has 0 saturated heterocycles. The quantitative estimate of drug-likeness (QED) is 0.643. The first-order valence-electron chi connectivity index (χ1n) is 8.37. The molecule has 0 spiro atoms. The Hall–Kier alpha value is -2.73. The van der Waals surface area contributed by atoms with Crippen molar-refractivity contribution in [1.29, 1.82) is 0 Å². The fourth-order valence-corrected chi connectivity index (χ4v) is 2.73. The van der Waals surface area contributed by atoms with Crippen molar-refractivity contribution in [1.82, 2.24) is 0 Å². The average molecular weight is 392 g/mol. The number of Topliss-reactive ketones (excluding diaryl/α,β-unsaturated/α-hetero) is 1. The van der Waals surface area contributed by atoms with E-state index in [1.54, 1.807) is 43.5 Å². The minimum Gasteiger partial charge on any atom is -0.497 e. The van der Waals surface area contributed by atoms with Crippen LogP contribution in [0.1, 0.15) is 29.6 Å². The predicted molar refractivity (Wildman–Crippen MR) is 104 cm³/mol. The van der Waals surface area contributed by atoms with Crippen molar-refractivity contribution in [3.63, 3.8) is 0 Å². The molecule has 7 heteroatoms. The lowest BCUT2D eigenvalue weighted by Gasteiger charge is -2.13. The molecule has 2 aromatic rings. The number of rotatable bonds is 9. The summed E-state index contributed by atoms with van der Waals surface area (Å²) >= 11 is 6.05. The number of halogens is 1.